The largest absolute Gasteiger partial charge is 0.484 e. The second-order valence-electron chi connectivity index (χ2n) is 7.20. The highest BCUT2D eigenvalue weighted by molar-refractivity contribution is 6.03. The number of carbonyl (C=O) groups excluding carboxylic acids is 2. The van der Waals surface area contributed by atoms with Gasteiger partial charge in [-0.1, -0.05) is 13.0 Å². The summed E-state index contributed by atoms with van der Waals surface area (Å²) in [6, 6.07) is 5.08. The third kappa shape index (κ3) is 3.53. The molecule has 0 aromatic heterocycles. The van der Waals surface area contributed by atoms with E-state index in [1.807, 2.05) is 13.8 Å². The Kier molecular flexibility index (Phi) is 4.49. The van der Waals surface area contributed by atoms with Crippen LogP contribution in [-0.2, 0) is 4.74 Å². The molecule has 0 aliphatic carbocycles. The van der Waals surface area contributed by atoms with E-state index < -0.39 is 5.60 Å². The van der Waals surface area contributed by atoms with E-state index in [2.05, 4.69) is 12.2 Å². The van der Waals surface area contributed by atoms with Gasteiger partial charge in [-0.3, -0.25) is 4.79 Å². The topological polar surface area (TPSA) is 67.9 Å². The number of hydrogen-bond acceptors (Lipinski definition) is 4. The Morgan fingerprint density at radius 3 is 2.96 bits per heavy atom. The number of urea groups is 1. The number of hydrogen-bond donors (Lipinski definition) is 1. The van der Waals surface area contributed by atoms with E-state index >= 15 is 0 Å². The van der Waals surface area contributed by atoms with Crippen molar-refractivity contribution in [3.05, 3.63) is 23.8 Å². The van der Waals surface area contributed by atoms with E-state index in [1.54, 1.807) is 23.1 Å². The minimum Gasteiger partial charge on any atom is -0.484 e. The molecule has 0 saturated carbocycles. The Morgan fingerprint density at radius 1 is 1.38 bits per heavy atom. The molecule has 1 saturated heterocycles. The number of rotatable bonds is 1. The van der Waals surface area contributed by atoms with Gasteiger partial charge in [0.1, 0.15) is 5.60 Å². The van der Waals surface area contributed by atoms with E-state index in [0.717, 1.165) is 0 Å². The molecule has 1 aromatic rings. The van der Waals surface area contributed by atoms with Gasteiger partial charge in [0.15, 0.2) is 11.5 Å². The maximum atomic E-state index is 12.6. The van der Waals surface area contributed by atoms with Crippen molar-refractivity contribution in [3.63, 3.8) is 0 Å². The van der Waals surface area contributed by atoms with E-state index in [-0.39, 0.29) is 11.8 Å². The smallest absolute Gasteiger partial charge is 0.322 e. The first-order chi connectivity index (χ1) is 11.4. The molecule has 6 heteroatoms. The number of carbonyl (C=O) groups is 2. The summed E-state index contributed by atoms with van der Waals surface area (Å²) in [5.41, 5.74) is 0.492. The Balaban J connectivity index is 1.82. The second kappa shape index (κ2) is 6.43. The highest BCUT2D eigenvalue weighted by atomic mass is 16.5. The van der Waals surface area contributed by atoms with Gasteiger partial charge >= 0.3 is 6.03 Å². The fourth-order valence-electron chi connectivity index (χ4n) is 3.12. The molecule has 1 unspecified atom stereocenters. The number of amides is 2. The molecular weight excluding hydrogens is 308 g/mol. The Bertz CT molecular complexity index is 656. The molecule has 24 heavy (non-hydrogen) atoms. The highest BCUT2D eigenvalue weighted by Gasteiger charge is 2.34. The summed E-state index contributed by atoms with van der Waals surface area (Å²) in [6.45, 7) is 8.20. The summed E-state index contributed by atoms with van der Waals surface area (Å²) < 4.78 is 11.5. The maximum absolute atomic E-state index is 12.6. The molecule has 130 valence electrons. The molecular formula is C18H24N2O4. The molecule has 2 aliphatic heterocycles. The van der Waals surface area contributed by atoms with Gasteiger partial charge in [-0.25, -0.2) is 4.79 Å². The molecule has 0 radical (unpaired) electrons. The first kappa shape index (κ1) is 16.8. The van der Waals surface area contributed by atoms with Crippen molar-refractivity contribution in [1.29, 1.82) is 0 Å². The zero-order chi connectivity index (χ0) is 17.3. The van der Waals surface area contributed by atoms with Crippen molar-refractivity contribution >= 4 is 17.5 Å². The van der Waals surface area contributed by atoms with Crippen molar-refractivity contribution in [2.24, 2.45) is 5.92 Å². The number of fused-ring (bicyclic) bond motifs is 1. The van der Waals surface area contributed by atoms with Crippen LogP contribution >= 0.6 is 0 Å². The number of nitrogens with one attached hydrogen (secondary N) is 1. The maximum Gasteiger partial charge on any atom is 0.322 e. The fourth-order valence-corrected chi connectivity index (χ4v) is 3.12. The van der Waals surface area contributed by atoms with Crippen LogP contribution in [0.3, 0.4) is 0 Å². The van der Waals surface area contributed by atoms with E-state index in [4.69, 9.17) is 9.47 Å². The van der Waals surface area contributed by atoms with Gasteiger partial charge in [0.2, 0.25) is 0 Å². The van der Waals surface area contributed by atoms with Crippen molar-refractivity contribution in [2.45, 2.75) is 32.8 Å². The molecule has 1 aromatic carbocycles. The van der Waals surface area contributed by atoms with Crippen LogP contribution in [0.1, 0.15) is 37.6 Å². The minimum atomic E-state index is -0.574. The first-order valence-electron chi connectivity index (χ1n) is 8.34. The highest BCUT2D eigenvalue weighted by Crippen LogP contribution is 2.38. The zero-order valence-electron chi connectivity index (χ0n) is 14.4. The number of para-hydroxylation sites is 1. The molecule has 1 fully saturated rings. The minimum absolute atomic E-state index is 0.0362. The molecule has 2 aliphatic rings. The van der Waals surface area contributed by atoms with Crippen LogP contribution in [0, 0.1) is 5.92 Å². The number of ketones is 1. The van der Waals surface area contributed by atoms with Crippen LogP contribution in [0.15, 0.2) is 18.2 Å². The van der Waals surface area contributed by atoms with E-state index in [1.165, 1.54) is 0 Å². The van der Waals surface area contributed by atoms with Gasteiger partial charge in [-0.15, -0.1) is 0 Å². The number of benzene rings is 1. The van der Waals surface area contributed by atoms with Crippen molar-refractivity contribution in [3.8, 4) is 5.75 Å². The summed E-state index contributed by atoms with van der Waals surface area (Å²) in [5, 5.41) is 2.90. The second-order valence-corrected chi connectivity index (χ2v) is 7.20. The average Bonchev–Trinajstić information content (AvgIpc) is 2.72. The lowest BCUT2D eigenvalue weighted by atomic mass is 9.92. The van der Waals surface area contributed by atoms with E-state index in [9.17, 15) is 9.59 Å². The van der Waals surface area contributed by atoms with Crippen LogP contribution in [0.5, 0.6) is 5.75 Å². The molecule has 6 nitrogen and oxygen atoms in total. The van der Waals surface area contributed by atoms with Gasteiger partial charge in [0, 0.05) is 13.1 Å². The quantitative estimate of drug-likeness (QED) is 0.858. The van der Waals surface area contributed by atoms with E-state index in [0.29, 0.717) is 55.6 Å². The third-order valence-electron chi connectivity index (χ3n) is 4.25. The number of ether oxygens (including phenoxy) is 2. The summed E-state index contributed by atoms with van der Waals surface area (Å²) in [5.74, 6) is 0.792. The molecule has 2 amide bonds. The Morgan fingerprint density at radius 2 is 2.17 bits per heavy atom. The fraction of sp³-hybridized carbons (Fsp3) is 0.556. The number of nitrogens with zero attached hydrogens (tertiary/aromatic N) is 1. The summed E-state index contributed by atoms with van der Waals surface area (Å²) in [7, 11) is 0. The van der Waals surface area contributed by atoms with Crippen LogP contribution in [0.2, 0.25) is 0 Å². The monoisotopic (exact) mass is 332 g/mol. The lowest BCUT2D eigenvalue weighted by Crippen LogP contribution is -2.39. The summed E-state index contributed by atoms with van der Waals surface area (Å²) in [4.78, 5) is 26.7. The lowest BCUT2D eigenvalue weighted by Gasteiger charge is -2.33. The lowest BCUT2D eigenvalue weighted by molar-refractivity contribution is 0.0624. The SMILES string of the molecule is CC1COCCN(C(=O)Nc2cccc3c2OC(C)(C)CC3=O)C1. The number of anilines is 1. The summed E-state index contributed by atoms with van der Waals surface area (Å²) in [6.07, 6.45) is 0.332. The number of Topliss-reactive ketones (excluding diaryl/α,β-unsaturated/α-hetero) is 1. The van der Waals surface area contributed by atoms with Crippen molar-refractivity contribution in [1.82, 2.24) is 4.90 Å². The summed E-state index contributed by atoms with van der Waals surface area (Å²) >= 11 is 0. The van der Waals surface area contributed by atoms with Crippen molar-refractivity contribution < 1.29 is 19.1 Å². The van der Waals surface area contributed by atoms with Crippen molar-refractivity contribution in [2.75, 3.05) is 31.6 Å². The molecule has 3 rings (SSSR count). The third-order valence-corrected chi connectivity index (χ3v) is 4.25. The molecule has 0 bridgehead atoms. The molecule has 1 atom stereocenters. The Labute approximate surface area is 142 Å². The molecule has 0 spiro atoms. The first-order valence-corrected chi connectivity index (χ1v) is 8.34. The predicted molar refractivity (Wildman–Crippen MR) is 90.7 cm³/mol. The van der Waals surface area contributed by atoms with Gasteiger partial charge in [-0.2, -0.15) is 0 Å². The standard InChI is InChI=1S/C18H24N2O4/c1-12-10-20(7-8-23-11-12)17(22)19-14-6-4-5-13-15(21)9-18(2,3)24-16(13)14/h4-6,12H,7-11H2,1-3H3,(H,19,22). The van der Waals surface area contributed by atoms with Crippen LogP contribution < -0.4 is 10.1 Å². The molecule has 1 N–H and O–H groups in total. The zero-order valence-corrected chi connectivity index (χ0v) is 14.4. The van der Waals surface area contributed by atoms with Crippen LogP contribution in [0.4, 0.5) is 10.5 Å². The van der Waals surface area contributed by atoms with Gasteiger partial charge in [-0.05, 0) is 31.9 Å². The predicted octanol–water partition coefficient (Wildman–Crippen LogP) is 2.93. The van der Waals surface area contributed by atoms with Gasteiger partial charge < -0.3 is 19.7 Å². The van der Waals surface area contributed by atoms with Gasteiger partial charge in [0.25, 0.3) is 0 Å². The Hall–Kier alpha value is -2.08. The normalized spacial score (nSPS) is 23.0. The molecule has 2 heterocycles. The van der Waals surface area contributed by atoms with Gasteiger partial charge in [0.05, 0.1) is 30.9 Å². The van der Waals surface area contributed by atoms with Crippen LogP contribution in [-0.4, -0.2) is 48.6 Å². The average molecular weight is 332 g/mol. The van der Waals surface area contributed by atoms with Crippen LogP contribution in [0.25, 0.3) is 0 Å².